The summed E-state index contributed by atoms with van der Waals surface area (Å²) in [5.41, 5.74) is 5.92. The zero-order chi connectivity index (χ0) is 22.3. The summed E-state index contributed by atoms with van der Waals surface area (Å²) in [5, 5.41) is 0. The minimum Gasteiger partial charge on any atom is -0.493 e. The van der Waals surface area contributed by atoms with E-state index in [-0.39, 0.29) is 0 Å². The number of hydrogen-bond donors (Lipinski definition) is 0. The van der Waals surface area contributed by atoms with Gasteiger partial charge in [0.2, 0.25) is 0 Å². The molecule has 4 rings (SSSR count). The molecule has 0 N–H and O–H groups in total. The lowest BCUT2D eigenvalue weighted by Crippen LogP contribution is -2.09. The molecule has 3 aromatic carbocycles. The smallest absolute Gasteiger partial charge is 0.161 e. The molecular weight excluding hydrogens is 396 g/mol. The maximum atomic E-state index is 6.07. The van der Waals surface area contributed by atoms with Gasteiger partial charge in [-0.05, 0) is 61.2 Å². The van der Waals surface area contributed by atoms with Crippen molar-refractivity contribution in [2.75, 3.05) is 13.7 Å². The summed E-state index contributed by atoms with van der Waals surface area (Å²) in [4.78, 5) is 4.94. The van der Waals surface area contributed by atoms with Gasteiger partial charge in [0.15, 0.2) is 11.5 Å². The first kappa shape index (κ1) is 21.7. The molecule has 0 saturated carbocycles. The Morgan fingerprint density at radius 3 is 2.59 bits per heavy atom. The maximum absolute atomic E-state index is 6.07. The van der Waals surface area contributed by atoms with E-state index in [1.54, 1.807) is 7.11 Å². The minimum absolute atomic E-state index is 0.607. The lowest BCUT2D eigenvalue weighted by molar-refractivity contribution is 0.282. The molecule has 0 spiro atoms. The maximum Gasteiger partial charge on any atom is 0.161 e. The summed E-state index contributed by atoms with van der Waals surface area (Å²) in [6, 6.07) is 22.9. The van der Waals surface area contributed by atoms with Crippen LogP contribution in [0.15, 0.2) is 72.8 Å². The van der Waals surface area contributed by atoms with Crippen LogP contribution in [0.5, 0.6) is 11.5 Å². The van der Waals surface area contributed by atoms with Crippen LogP contribution in [0.2, 0.25) is 0 Å². The van der Waals surface area contributed by atoms with Gasteiger partial charge in [-0.1, -0.05) is 54.6 Å². The predicted octanol–water partition coefficient (Wildman–Crippen LogP) is 6.45. The van der Waals surface area contributed by atoms with Crippen molar-refractivity contribution in [1.29, 1.82) is 0 Å². The highest BCUT2D eigenvalue weighted by atomic mass is 16.5. The first-order valence-electron chi connectivity index (χ1n) is 11.1. The van der Waals surface area contributed by atoms with E-state index in [4.69, 9.17) is 14.5 Å². The van der Waals surface area contributed by atoms with Gasteiger partial charge in [-0.25, -0.2) is 4.98 Å². The van der Waals surface area contributed by atoms with E-state index in [1.165, 1.54) is 16.6 Å². The topological polar surface area (TPSA) is 36.3 Å². The van der Waals surface area contributed by atoms with Crippen molar-refractivity contribution in [1.82, 2.24) is 9.55 Å². The summed E-state index contributed by atoms with van der Waals surface area (Å²) in [7, 11) is 1.68. The van der Waals surface area contributed by atoms with E-state index in [0.29, 0.717) is 6.61 Å². The Balaban J connectivity index is 1.48. The van der Waals surface area contributed by atoms with Crippen LogP contribution in [0, 0.1) is 6.92 Å². The average molecular weight is 427 g/mol. The van der Waals surface area contributed by atoms with Crippen LogP contribution in [0.25, 0.3) is 17.1 Å². The number of rotatable bonds is 9. The largest absolute Gasteiger partial charge is 0.493 e. The molecule has 0 bridgehead atoms. The fourth-order valence-corrected chi connectivity index (χ4v) is 3.99. The molecule has 1 heterocycles. The summed E-state index contributed by atoms with van der Waals surface area (Å²) in [6.45, 7) is 5.62. The Kier molecular flexibility index (Phi) is 6.90. The first-order valence-corrected chi connectivity index (χ1v) is 11.1. The summed E-state index contributed by atoms with van der Waals surface area (Å²) in [6.07, 6.45) is 5.76. The second-order valence-electron chi connectivity index (χ2n) is 7.88. The Labute approximate surface area is 190 Å². The third kappa shape index (κ3) is 4.86. The number of para-hydroxylation sites is 2. The second-order valence-corrected chi connectivity index (χ2v) is 7.88. The number of nitrogens with zero attached hydrogens (tertiary/aromatic N) is 2. The number of hydrogen-bond acceptors (Lipinski definition) is 3. The van der Waals surface area contributed by atoms with Gasteiger partial charge in [-0.3, -0.25) is 0 Å². The van der Waals surface area contributed by atoms with Gasteiger partial charge < -0.3 is 14.0 Å². The monoisotopic (exact) mass is 426 g/mol. The lowest BCUT2D eigenvalue weighted by Gasteiger charge is -2.13. The second kappa shape index (κ2) is 10.2. The summed E-state index contributed by atoms with van der Waals surface area (Å²) < 4.78 is 13.9. The van der Waals surface area contributed by atoms with Crippen molar-refractivity contribution in [3.8, 4) is 11.5 Å². The number of imidazole rings is 1. The van der Waals surface area contributed by atoms with E-state index in [1.807, 2.05) is 43.3 Å². The Hall–Kier alpha value is -3.53. The highest BCUT2D eigenvalue weighted by Crippen LogP contribution is 2.29. The number of aryl methyl sites for hydroxylation is 2. The van der Waals surface area contributed by atoms with Gasteiger partial charge in [0, 0.05) is 13.0 Å². The average Bonchev–Trinajstić information content (AvgIpc) is 3.16. The fourth-order valence-electron chi connectivity index (χ4n) is 3.99. The number of methoxy groups -OCH3 is 1. The van der Waals surface area contributed by atoms with Crippen LogP contribution in [0.1, 0.15) is 35.9 Å². The van der Waals surface area contributed by atoms with Crippen molar-refractivity contribution in [3.63, 3.8) is 0 Å². The number of fused-ring (bicyclic) bond motifs is 1. The molecule has 0 aliphatic heterocycles. The van der Waals surface area contributed by atoms with Crippen LogP contribution in [0.3, 0.4) is 0 Å². The molecule has 0 amide bonds. The Bertz CT molecular complexity index is 1220. The molecule has 0 fully saturated rings. The number of benzene rings is 3. The van der Waals surface area contributed by atoms with E-state index in [2.05, 4.69) is 54.0 Å². The zero-order valence-electron chi connectivity index (χ0n) is 19.0. The molecule has 164 valence electrons. The normalized spacial score (nSPS) is 11.3. The van der Waals surface area contributed by atoms with Crippen molar-refractivity contribution in [3.05, 3.63) is 95.3 Å². The molecule has 0 saturated heterocycles. The summed E-state index contributed by atoms with van der Waals surface area (Å²) >= 11 is 0. The van der Waals surface area contributed by atoms with Crippen LogP contribution >= 0.6 is 0 Å². The molecule has 4 aromatic rings. The molecular formula is C28H30N2O2. The first-order chi connectivity index (χ1) is 15.7. The molecule has 1 aromatic heterocycles. The number of allylic oxidation sites excluding steroid dienone is 1. The van der Waals surface area contributed by atoms with Gasteiger partial charge >= 0.3 is 0 Å². The minimum atomic E-state index is 0.607. The van der Waals surface area contributed by atoms with Gasteiger partial charge in [-0.15, -0.1) is 0 Å². The Morgan fingerprint density at radius 1 is 0.969 bits per heavy atom. The highest BCUT2D eigenvalue weighted by Gasteiger charge is 2.12. The van der Waals surface area contributed by atoms with Crippen molar-refractivity contribution >= 4 is 17.1 Å². The molecule has 32 heavy (non-hydrogen) atoms. The molecule has 0 unspecified atom stereocenters. The molecule has 0 aliphatic rings. The standard InChI is InChI=1S/C28H30N2O2/c1-4-10-22-15-16-26(27(19-22)31-3)32-18-9-17-30-25-14-8-7-13-24(25)29-28(30)20-23-12-6-5-11-21(23)2/h4-8,10-16,19H,9,17-18,20H2,1-3H3/b10-4+. The highest BCUT2D eigenvalue weighted by molar-refractivity contribution is 5.76. The molecule has 4 heteroatoms. The van der Waals surface area contributed by atoms with Crippen molar-refractivity contribution < 1.29 is 9.47 Å². The fraction of sp³-hybridized carbons (Fsp3) is 0.250. The molecule has 4 nitrogen and oxygen atoms in total. The van der Waals surface area contributed by atoms with Gasteiger partial charge in [-0.2, -0.15) is 0 Å². The van der Waals surface area contributed by atoms with Crippen LogP contribution in [-0.2, 0) is 13.0 Å². The zero-order valence-corrected chi connectivity index (χ0v) is 19.0. The molecule has 0 atom stereocenters. The number of aromatic nitrogens is 2. The van der Waals surface area contributed by atoms with Gasteiger partial charge in [0.25, 0.3) is 0 Å². The third-order valence-corrected chi connectivity index (χ3v) is 5.67. The van der Waals surface area contributed by atoms with Crippen LogP contribution in [-0.4, -0.2) is 23.3 Å². The SMILES string of the molecule is C/C=C/c1ccc(OCCCn2c(Cc3ccccc3C)nc3ccccc32)c(OC)c1. The van der Waals surface area contributed by atoms with Gasteiger partial charge in [0.05, 0.1) is 24.8 Å². The molecule has 0 aliphatic carbocycles. The molecule has 0 radical (unpaired) electrons. The Morgan fingerprint density at radius 2 is 1.78 bits per heavy atom. The quantitative estimate of drug-likeness (QED) is 0.289. The van der Waals surface area contributed by atoms with E-state index in [0.717, 1.165) is 47.8 Å². The van der Waals surface area contributed by atoms with Gasteiger partial charge in [0.1, 0.15) is 5.82 Å². The van der Waals surface area contributed by atoms with E-state index < -0.39 is 0 Å². The van der Waals surface area contributed by atoms with E-state index >= 15 is 0 Å². The third-order valence-electron chi connectivity index (χ3n) is 5.67. The summed E-state index contributed by atoms with van der Waals surface area (Å²) in [5.74, 6) is 2.62. The van der Waals surface area contributed by atoms with E-state index in [9.17, 15) is 0 Å². The van der Waals surface area contributed by atoms with Crippen molar-refractivity contribution in [2.24, 2.45) is 0 Å². The van der Waals surface area contributed by atoms with Crippen molar-refractivity contribution in [2.45, 2.75) is 33.2 Å². The van der Waals surface area contributed by atoms with Crippen LogP contribution < -0.4 is 9.47 Å². The predicted molar refractivity (Wildman–Crippen MR) is 132 cm³/mol. The lowest BCUT2D eigenvalue weighted by atomic mass is 10.1. The number of ether oxygens (including phenoxy) is 2. The van der Waals surface area contributed by atoms with Crippen LogP contribution in [0.4, 0.5) is 0 Å².